The molecule has 5 heteroatoms. The summed E-state index contributed by atoms with van der Waals surface area (Å²) in [6, 6.07) is 16.1. The van der Waals surface area contributed by atoms with Gasteiger partial charge in [0.1, 0.15) is 5.65 Å². The first-order valence-corrected chi connectivity index (χ1v) is 10.5. The van der Waals surface area contributed by atoms with E-state index in [1.54, 1.807) is 6.08 Å². The van der Waals surface area contributed by atoms with E-state index in [0.717, 1.165) is 39.3 Å². The quantitative estimate of drug-likeness (QED) is 0.374. The minimum atomic E-state index is -0.245. The Morgan fingerprint density at radius 1 is 0.968 bits per heavy atom. The normalized spacial score (nSPS) is 11.4. The third-order valence-corrected chi connectivity index (χ3v) is 5.51. The molecule has 0 bridgehead atoms. The van der Waals surface area contributed by atoms with Gasteiger partial charge in [-0.05, 0) is 68.7 Å². The van der Waals surface area contributed by atoms with E-state index < -0.39 is 0 Å². The molecule has 0 saturated carbocycles. The van der Waals surface area contributed by atoms with E-state index in [4.69, 9.17) is 16.6 Å². The molecule has 0 aliphatic rings. The van der Waals surface area contributed by atoms with E-state index in [9.17, 15) is 4.79 Å². The topological polar surface area (TPSA) is 46.4 Å². The zero-order chi connectivity index (χ0) is 22.1. The maximum absolute atomic E-state index is 12.7. The van der Waals surface area contributed by atoms with Crippen molar-refractivity contribution in [1.82, 2.24) is 9.38 Å². The van der Waals surface area contributed by atoms with Gasteiger partial charge in [0.25, 0.3) is 0 Å². The minimum Gasteiger partial charge on any atom is -0.321 e. The lowest BCUT2D eigenvalue weighted by Crippen LogP contribution is -2.09. The number of imidazole rings is 1. The Bertz CT molecular complexity index is 1290. The van der Waals surface area contributed by atoms with Crippen LogP contribution in [-0.4, -0.2) is 15.3 Å². The van der Waals surface area contributed by atoms with Gasteiger partial charge in [-0.2, -0.15) is 0 Å². The summed E-state index contributed by atoms with van der Waals surface area (Å²) in [7, 11) is 0. The molecule has 2 heterocycles. The van der Waals surface area contributed by atoms with E-state index >= 15 is 0 Å². The molecule has 0 spiro atoms. The Morgan fingerprint density at radius 2 is 1.71 bits per heavy atom. The first-order chi connectivity index (χ1) is 14.8. The van der Waals surface area contributed by atoms with E-state index in [1.165, 1.54) is 11.6 Å². The lowest BCUT2D eigenvalue weighted by atomic mass is 10.1. The molecule has 2 aromatic carbocycles. The van der Waals surface area contributed by atoms with Crippen LogP contribution in [0.25, 0.3) is 23.0 Å². The van der Waals surface area contributed by atoms with Crippen molar-refractivity contribution in [2.75, 3.05) is 5.32 Å². The highest BCUT2D eigenvalue weighted by atomic mass is 35.5. The predicted molar refractivity (Wildman–Crippen MR) is 129 cm³/mol. The number of carbonyl (C=O) groups excluding carboxylic acids is 1. The number of halogens is 1. The van der Waals surface area contributed by atoms with Crippen LogP contribution in [-0.2, 0) is 4.79 Å². The van der Waals surface area contributed by atoms with E-state index in [2.05, 4.69) is 36.5 Å². The summed E-state index contributed by atoms with van der Waals surface area (Å²) in [5.41, 5.74) is 8.46. The number of amides is 1. The van der Waals surface area contributed by atoms with E-state index in [0.29, 0.717) is 10.7 Å². The molecular formula is C26H24ClN3O. The molecule has 0 saturated heterocycles. The SMILES string of the molecule is Cc1ccc(-c2nc3cc(C)ccn3c2/C=C/C(=O)Nc2c(C)cc(C)cc2Cl)cc1. The summed E-state index contributed by atoms with van der Waals surface area (Å²) in [5, 5.41) is 3.44. The maximum Gasteiger partial charge on any atom is 0.248 e. The molecule has 4 aromatic rings. The Balaban J connectivity index is 1.72. The Labute approximate surface area is 187 Å². The van der Waals surface area contributed by atoms with Crippen molar-refractivity contribution in [3.63, 3.8) is 0 Å². The van der Waals surface area contributed by atoms with Crippen LogP contribution in [0.1, 0.15) is 27.9 Å². The molecule has 156 valence electrons. The Hall–Kier alpha value is -3.37. The fourth-order valence-corrected chi connectivity index (χ4v) is 4.01. The van der Waals surface area contributed by atoms with Gasteiger partial charge in [-0.1, -0.05) is 47.5 Å². The van der Waals surface area contributed by atoms with Gasteiger partial charge < -0.3 is 5.32 Å². The highest BCUT2D eigenvalue weighted by molar-refractivity contribution is 6.34. The second kappa shape index (κ2) is 8.40. The molecule has 4 nitrogen and oxygen atoms in total. The van der Waals surface area contributed by atoms with Gasteiger partial charge in [-0.3, -0.25) is 9.20 Å². The van der Waals surface area contributed by atoms with Crippen LogP contribution < -0.4 is 5.32 Å². The van der Waals surface area contributed by atoms with Crippen molar-refractivity contribution in [2.24, 2.45) is 0 Å². The smallest absolute Gasteiger partial charge is 0.248 e. The third kappa shape index (κ3) is 4.39. The van der Waals surface area contributed by atoms with Crippen LogP contribution in [0.3, 0.4) is 0 Å². The van der Waals surface area contributed by atoms with Gasteiger partial charge in [0.05, 0.1) is 22.1 Å². The van der Waals surface area contributed by atoms with E-state index in [1.807, 2.05) is 55.6 Å². The fourth-order valence-electron chi connectivity index (χ4n) is 3.64. The number of hydrogen-bond acceptors (Lipinski definition) is 2. The van der Waals surface area contributed by atoms with Gasteiger partial charge >= 0.3 is 0 Å². The molecule has 1 N–H and O–H groups in total. The lowest BCUT2D eigenvalue weighted by Gasteiger charge is -2.10. The third-order valence-electron chi connectivity index (χ3n) is 5.22. The number of rotatable bonds is 4. The maximum atomic E-state index is 12.7. The number of nitrogens with one attached hydrogen (secondary N) is 1. The minimum absolute atomic E-state index is 0.245. The van der Waals surface area contributed by atoms with Crippen LogP contribution in [0.2, 0.25) is 5.02 Å². The number of fused-ring (bicyclic) bond motifs is 1. The molecule has 0 aliphatic carbocycles. The van der Waals surface area contributed by atoms with Crippen molar-refractivity contribution in [2.45, 2.75) is 27.7 Å². The van der Waals surface area contributed by atoms with Gasteiger partial charge in [0.2, 0.25) is 5.91 Å². The van der Waals surface area contributed by atoms with Gasteiger partial charge in [-0.15, -0.1) is 0 Å². The van der Waals surface area contributed by atoms with Crippen LogP contribution in [0.4, 0.5) is 5.69 Å². The van der Waals surface area contributed by atoms with Crippen LogP contribution in [0.5, 0.6) is 0 Å². The number of carbonyl (C=O) groups is 1. The summed E-state index contributed by atoms with van der Waals surface area (Å²) < 4.78 is 2.00. The van der Waals surface area contributed by atoms with Gasteiger partial charge in [-0.25, -0.2) is 4.98 Å². The average molecular weight is 430 g/mol. The molecule has 31 heavy (non-hydrogen) atoms. The Morgan fingerprint density at radius 3 is 2.42 bits per heavy atom. The number of aromatic nitrogens is 2. The summed E-state index contributed by atoms with van der Waals surface area (Å²) in [6.07, 6.45) is 5.31. The van der Waals surface area contributed by atoms with Crippen LogP contribution in [0.15, 0.2) is 60.8 Å². The van der Waals surface area contributed by atoms with Crippen molar-refractivity contribution >= 4 is 34.9 Å². The zero-order valence-electron chi connectivity index (χ0n) is 18.0. The number of pyridine rings is 1. The lowest BCUT2D eigenvalue weighted by molar-refractivity contribution is -0.111. The van der Waals surface area contributed by atoms with Crippen LogP contribution in [0, 0.1) is 27.7 Å². The molecule has 2 aromatic heterocycles. The molecule has 0 atom stereocenters. The highest BCUT2D eigenvalue weighted by Crippen LogP contribution is 2.28. The van der Waals surface area contributed by atoms with Crippen molar-refractivity contribution in [3.8, 4) is 11.3 Å². The first kappa shape index (κ1) is 20.9. The number of hydrogen-bond donors (Lipinski definition) is 1. The Kier molecular flexibility index (Phi) is 5.66. The zero-order valence-corrected chi connectivity index (χ0v) is 18.8. The molecule has 0 radical (unpaired) electrons. The molecule has 1 amide bonds. The fraction of sp³-hybridized carbons (Fsp3) is 0.154. The summed E-state index contributed by atoms with van der Waals surface area (Å²) in [4.78, 5) is 17.5. The number of aryl methyl sites for hydroxylation is 4. The number of nitrogens with zero attached hydrogens (tertiary/aromatic N) is 2. The van der Waals surface area contributed by atoms with Crippen molar-refractivity contribution in [1.29, 1.82) is 0 Å². The highest BCUT2D eigenvalue weighted by Gasteiger charge is 2.13. The summed E-state index contributed by atoms with van der Waals surface area (Å²) in [5.74, 6) is -0.245. The molecule has 0 fully saturated rings. The second-order valence-electron chi connectivity index (χ2n) is 7.91. The van der Waals surface area contributed by atoms with Crippen LogP contribution >= 0.6 is 11.6 Å². The predicted octanol–water partition coefficient (Wildman–Crippen LogP) is 6.54. The van der Waals surface area contributed by atoms with Crippen molar-refractivity contribution in [3.05, 3.63) is 93.8 Å². The molecule has 0 aliphatic heterocycles. The van der Waals surface area contributed by atoms with Crippen molar-refractivity contribution < 1.29 is 4.79 Å². The van der Waals surface area contributed by atoms with E-state index in [-0.39, 0.29) is 5.91 Å². The first-order valence-electron chi connectivity index (χ1n) is 10.1. The summed E-state index contributed by atoms with van der Waals surface area (Å²) >= 11 is 6.34. The van der Waals surface area contributed by atoms with Gasteiger partial charge in [0.15, 0.2) is 0 Å². The number of benzene rings is 2. The molecule has 4 rings (SSSR count). The van der Waals surface area contributed by atoms with Gasteiger partial charge in [0, 0.05) is 17.8 Å². The average Bonchev–Trinajstić information content (AvgIpc) is 3.07. The molecule has 0 unspecified atom stereocenters. The summed E-state index contributed by atoms with van der Waals surface area (Å²) in [6.45, 7) is 8.00. The number of anilines is 1. The monoisotopic (exact) mass is 429 g/mol. The molecular weight excluding hydrogens is 406 g/mol. The second-order valence-corrected chi connectivity index (χ2v) is 8.31. The largest absolute Gasteiger partial charge is 0.321 e. The standard InChI is InChI=1S/C26H24ClN3O/c1-16-5-7-20(8-6-16)26-22(30-12-11-17(2)15-23(30)28-26)9-10-24(31)29-25-19(4)13-18(3)14-21(25)27/h5-15H,1-4H3,(H,29,31)/b10-9+.